The minimum atomic E-state index is 0.357. The van der Waals surface area contributed by atoms with E-state index in [4.69, 9.17) is 9.47 Å². The fourth-order valence-electron chi connectivity index (χ4n) is 2.92. The van der Waals surface area contributed by atoms with Gasteiger partial charge in [0.1, 0.15) is 12.4 Å². The van der Waals surface area contributed by atoms with Crippen LogP contribution in [0.3, 0.4) is 0 Å². The summed E-state index contributed by atoms with van der Waals surface area (Å²) in [5, 5.41) is 0. The number of methoxy groups -OCH3 is 1. The van der Waals surface area contributed by atoms with E-state index in [-0.39, 0.29) is 0 Å². The molecule has 4 heteroatoms. The average molecular weight is 376 g/mol. The molecule has 1 aliphatic rings. The largest absolute Gasteiger partial charge is 0.489 e. The lowest BCUT2D eigenvalue weighted by Gasteiger charge is -2.19. The summed E-state index contributed by atoms with van der Waals surface area (Å²) >= 11 is 3.57. The molecule has 1 aliphatic heterocycles. The second kappa shape index (κ2) is 7.95. The summed E-state index contributed by atoms with van der Waals surface area (Å²) in [5.74, 6) is 0.956. The highest BCUT2D eigenvalue weighted by molar-refractivity contribution is 9.10. The molecule has 0 radical (unpaired) electrons. The molecule has 0 bridgehead atoms. The lowest BCUT2D eigenvalue weighted by Crippen LogP contribution is -2.22. The van der Waals surface area contributed by atoms with E-state index in [0.717, 1.165) is 36.3 Å². The van der Waals surface area contributed by atoms with Gasteiger partial charge >= 0.3 is 0 Å². The molecule has 0 spiro atoms. The summed E-state index contributed by atoms with van der Waals surface area (Å²) in [6, 6.07) is 16.5. The predicted octanol–water partition coefficient (Wildman–Crippen LogP) is 4.25. The van der Waals surface area contributed by atoms with Crippen molar-refractivity contribution in [3.05, 3.63) is 64.1 Å². The summed E-state index contributed by atoms with van der Waals surface area (Å²) in [6.45, 7) is 3.55. The lowest BCUT2D eigenvalue weighted by molar-refractivity contribution is 0.107. The van der Waals surface area contributed by atoms with Crippen molar-refractivity contribution < 1.29 is 9.47 Å². The Bertz CT molecular complexity index is 633. The topological polar surface area (TPSA) is 21.7 Å². The zero-order valence-corrected chi connectivity index (χ0v) is 15.0. The molecule has 0 N–H and O–H groups in total. The molecule has 1 heterocycles. The molecule has 1 saturated heterocycles. The Morgan fingerprint density at radius 3 is 2.74 bits per heavy atom. The summed E-state index contributed by atoms with van der Waals surface area (Å²) in [6.07, 6.45) is 1.46. The first kappa shape index (κ1) is 16.5. The molecular weight excluding hydrogens is 354 g/mol. The Hall–Kier alpha value is -1.36. The van der Waals surface area contributed by atoms with E-state index in [1.807, 2.05) is 30.3 Å². The smallest absolute Gasteiger partial charge is 0.124 e. The van der Waals surface area contributed by atoms with Crippen LogP contribution >= 0.6 is 15.9 Å². The lowest BCUT2D eigenvalue weighted by atomic mass is 10.2. The molecule has 3 nitrogen and oxygen atoms in total. The van der Waals surface area contributed by atoms with Crippen molar-refractivity contribution >= 4 is 15.9 Å². The number of likely N-dealkylation sites (tertiary alicyclic amines) is 1. The van der Waals surface area contributed by atoms with Gasteiger partial charge in [-0.05, 0) is 30.2 Å². The third-order valence-corrected chi connectivity index (χ3v) is 4.71. The molecular formula is C19H22BrNO2. The first-order valence-electron chi connectivity index (χ1n) is 7.95. The van der Waals surface area contributed by atoms with Gasteiger partial charge in [-0.3, -0.25) is 4.90 Å². The minimum Gasteiger partial charge on any atom is -0.489 e. The van der Waals surface area contributed by atoms with Crippen molar-refractivity contribution in [1.29, 1.82) is 0 Å². The summed E-state index contributed by atoms with van der Waals surface area (Å²) in [7, 11) is 1.79. The minimum absolute atomic E-state index is 0.357. The van der Waals surface area contributed by atoms with Crippen LogP contribution in [0.25, 0.3) is 0 Å². The van der Waals surface area contributed by atoms with Gasteiger partial charge in [-0.25, -0.2) is 0 Å². The number of benzene rings is 2. The van der Waals surface area contributed by atoms with Crippen molar-refractivity contribution in [2.24, 2.45) is 0 Å². The maximum atomic E-state index is 6.06. The third-order valence-electron chi connectivity index (χ3n) is 4.22. The van der Waals surface area contributed by atoms with Crippen LogP contribution < -0.4 is 4.74 Å². The van der Waals surface area contributed by atoms with Crippen LogP contribution in [-0.4, -0.2) is 31.2 Å². The summed E-state index contributed by atoms with van der Waals surface area (Å²) in [5.41, 5.74) is 2.40. The summed E-state index contributed by atoms with van der Waals surface area (Å²) in [4.78, 5) is 2.42. The Kier molecular flexibility index (Phi) is 5.70. The first-order chi connectivity index (χ1) is 11.2. The highest BCUT2D eigenvalue weighted by atomic mass is 79.9. The molecule has 0 aromatic heterocycles. The Balaban J connectivity index is 1.68. The molecule has 0 amide bonds. The van der Waals surface area contributed by atoms with Crippen LogP contribution in [-0.2, 0) is 17.9 Å². The Morgan fingerprint density at radius 1 is 1.17 bits per heavy atom. The molecule has 0 aliphatic carbocycles. The van der Waals surface area contributed by atoms with Crippen LogP contribution in [0.5, 0.6) is 5.75 Å². The van der Waals surface area contributed by atoms with E-state index in [1.165, 1.54) is 11.1 Å². The first-order valence-corrected chi connectivity index (χ1v) is 8.74. The van der Waals surface area contributed by atoms with E-state index in [1.54, 1.807) is 7.11 Å². The zero-order valence-electron chi connectivity index (χ0n) is 13.4. The second-order valence-electron chi connectivity index (χ2n) is 5.91. The number of ether oxygens (including phenoxy) is 2. The van der Waals surface area contributed by atoms with Crippen molar-refractivity contribution in [3.63, 3.8) is 0 Å². The summed E-state index contributed by atoms with van der Waals surface area (Å²) < 4.78 is 12.6. The standard InChI is InChI=1S/C19H22BrNO2/c1-22-18-9-10-21(13-18)12-16-11-17(20)7-8-19(16)23-14-15-5-3-2-4-6-15/h2-8,11,18H,9-10,12-14H2,1H3/t18-/m0/s1. The molecule has 1 atom stereocenters. The molecule has 2 aromatic rings. The monoisotopic (exact) mass is 375 g/mol. The van der Waals surface area contributed by atoms with E-state index >= 15 is 0 Å². The normalized spacial score (nSPS) is 18.3. The highest BCUT2D eigenvalue weighted by Gasteiger charge is 2.22. The number of rotatable bonds is 6. The quantitative estimate of drug-likeness (QED) is 0.753. The molecule has 0 unspecified atom stereocenters. The maximum Gasteiger partial charge on any atom is 0.124 e. The molecule has 3 rings (SSSR count). The number of halogens is 1. The van der Waals surface area contributed by atoms with Crippen LogP contribution in [0.4, 0.5) is 0 Å². The van der Waals surface area contributed by atoms with Gasteiger partial charge in [0.2, 0.25) is 0 Å². The molecule has 1 fully saturated rings. The van der Waals surface area contributed by atoms with E-state index in [0.29, 0.717) is 12.7 Å². The van der Waals surface area contributed by atoms with Gasteiger partial charge < -0.3 is 9.47 Å². The fraction of sp³-hybridized carbons (Fsp3) is 0.368. The van der Waals surface area contributed by atoms with Gasteiger partial charge in [0.25, 0.3) is 0 Å². The Morgan fingerprint density at radius 2 is 2.00 bits per heavy atom. The van der Waals surface area contributed by atoms with E-state index in [2.05, 4.69) is 39.0 Å². The van der Waals surface area contributed by atoms with Crippen LogP contribution in [0.15, 0.2) is 53.0 Å². The van der Waals surface area contributed by atoms with Gasteiger partial charge in [0, 0.05) is 36.8 Å². The predicted molar refractivity (Wildman–Crippen MR) is 95.6 cm³/mol. The van der Waals surface area contributed by atoms with Gasteiger partial charge in [-0.1, -0.05) is 46.3 Å². The third kappa shape index (κ3) is 4.56. The average Bonchev–Trinajstić information content (AvgIpc) is 3.03. The number of hydrogen-bond donors (Lipinski definition) is 0. The van der Waals surface area contributed by atoms with Crippen molar-refractivity contribution in [2.45, 2.75) is 25.7 Å². The zero-order chi connectivity index (χ0) is 16.1. The fourth-order valence-corrected chi connectivity index (χ4v) is 3.33. The number of nitrogens with zero attached hydrogens (tertiary/aromatic N) is 1. The van der Waals surface area contributed by atoms with Gasteiger partial charge in [0.05, 0.1) is 6.10 Å². The van der Waals surface area contributed by atoms with Crippen molar-refractivity contribution in [2.75, 3.05) is 20.2 Å². The van der Waals surface area contributed by atoms with Gasteiger partial charge in [-0.15, -0.1) is 0 Å². The maximum absolute atomic E-state index is 6.06. The SMILES string of the molecule is CO[C@H]1CCN(Cc2cc(Br)ccc2OCc2ccccc2)C1. The van der Waals surface area contributed by atoms with E-state index in [9.17, 15) is 0 Å². The van der Waals surface area contributed by atoms with Crippen LogP contribution in [0, 0.1) is 0 Å². The Labute approximate surface area is 146 Å². The molecule has 2 aromatic carbocycles. The van der Waals surface area contributed by atoms with Crippen LogP contribution in [0.2, 0.25) is 0 Å². The van der Waals surface area contributed by atoms with Crippen molar-refractivity contribution in [1.82, 2.24) is 4.90 Å². The second-order valence-corrected chi connectivity index (χ2v) is 6.82. The highest BCUT2D eigenvalue weighted by Crippen LogP contribution is 2.27. The van der Waals surface area contributed by atoms with Crippen molar-refractivity contribution in [3.8, 4) is 5.75 Å². The molecule has 122 valence electrons. The molecule has 0 saturated carbocycles. The van der Waals surface area contributed by atoms with Gasteiger partial charge in [0.15, 0.2) is 0 Å². The van der Waals surface area contributed by atoms with E-state index < -0.39 is 0 Å². The van der Waals surface area contributed by atoms with Crippen LogP contribution in [0.1, 0.15) is 17.5 Å². The van der Waals surface area contributed by atoms with Gasteiger partial charge in [-0.2, -0.15) is 0 Å². The molecule has 23 heavy (non-hydrogen) atoms. The number of hydrogen-bond acceptors (Lipinski definition) is 3.